The van der Waals surface area contributed by atoms with Gasteiger partial charge in [0.1, 0.15) is 5.82 Å². The van der Waals surface area contributed by atoms with E-state index in [0.717, 1.165) is 30.7 Å². The number of hydrogen-bond acceptors (Lipinski definition) is 0. The average molecular weight is 447 g/mol. The van der Waals surface area contributed by atoms with Crippen molar-refractivity contribution in [3.05, 3.63) is 101 Å². The molecule has 0 bridgehead atoms. The van der Waals surface area contributed by atoms with E-state index in [-0.39, 0.29) is 11.4 Å². The lowest BCUT2D eigenvalue weighted by molar-refractivity contribution is 0.470. The maximum Gasteiger partial charge on any atom is 0.166 e. The zero-order valence-corrected chi connectivity index (χ0v) is 19.2. The topological polar surface area (TPSA) is 0 Å². The number of hydrogen-bond donors (Lipinski definition) is 0. The summed E-state index contributed by atoms with van der Waals surface area (Å²) in [7, 11) is 0. The third-order valence-electron chi connectivity index (χ3n) is 6.68. The molecule has 0 aromatic heterocycles. The van der Waals surface area contributed by atoms with Gasteiger partial charge in [-0.25, -0.2) is 13.2 Å². The van der Waals surface area contributed by atoms with Crippen LogP contribution in [0.15, 0.2) is 72.8 Å². The van der Waals surface area contributed by atoms with Gasteiger partial charge in [0.25, 0.3) is 0 Å². The van der Waals surface area contributed by atoms with Crippen LogP contribution in [0.3, 0.4) is 0 Å². The summed E-state index contributed by atoms with van der Waals surface area (Å²) in [5, 5.41) is 0. The van der Waals surface area contributed by atoms with Gasteiger partial charge in [0.2, 0.25) is 0 Å². The monoisotopic (exact) mass is 446 g/mol. The first-order valence-corrected chi connectivity index (χ1v) is 11.7. The van der Waals surface area contributed by atoms with Gasteiger partial charge in [0.05, 0.1) is 0 Å². The number of rotatable bonds is 6. The van der Waals surface area contributed by atoms with Crippen LogP contribution in [-0.4, -0.2) is 0 Å². The summed E-state index contributed by atoms with van der Waals surface area (Å²) >= 11 is 0. The molecular weight excluding hydrogens is 417 g/mol. The van der Waals surface area contributed by atoms with Crippen LogP contribution in [0.25, 0.3) is 27.8 Å². The van der Waals surface area contributed by atoms with Crippen molar-refractivity contribution in [3.8, 4) is 22.3 Å². The molecule has 0 nitrogen and oxygen atoms in total. The predicted molar refractivity (Wildman–Crippen MR) is 131 cm³/mol. The van der Waals surface area contributed by atoms with E-state index in [2.05, 4.69) is 13.0 Å². The molecule has 0 aliphatic heterocycles. The second kappa shape index (κ2) is 10.2. The molecule has 3 heteroatoms. The van der Waals surface area contributed by atoms with E-state index in [0.29, 0.717) is 28.7 Å². The number of allylic oxidation sites excluding steroid dienone is 4. The van der Waals surface area contributed by atoms with Crippen LogP contribution in [-0.2, 0) is 6.42 Å². The van der Waals surface area contributed by atoms with Crippen LogP contribution in [0.1, 0.15) is 50.7 Å². The van der Waals surface area contributed by atoms with Gasteiger partial charge in [-0.1, -0.05) is 80.1 Å². The fraction of sp³-hybridized carbons (Fsp3) is 0.267. The van der Waals surface area contributed by atoms with Crippen molar-refractivity contribution < 1.29 is 13.2 Å². The molecule has 0 heterocycles. The lowest BCUT2D eigenvalue weighted by Crippen LogP contribution is -2.04. The van der Waals surface area contributed by atoms with Gasteiger partial charge in [-0.2, -0.15) is 0 Å². The zero-order chi connectivity index (χ0) is 23.4. The van der Waals surface area contributed by atoms with Gasteiger partial charge in [-0.15, -0.1) is 0 Å². The maximum atomic E-state index is 15.0. The number of benzene rings is 3. The highest BCUT2D eigenvalue weighted by Crippen LogP contribution is 2.34. The molecule has 3 aromatic rings. The molecule has 1 unspecified atom stereocenters. The molecule has 0 saturated carbocycles. The Hall–Kier alpha value is -3.07. The van der Waals surface area contributed by atoms with Gasteiger partial charge >= 0.3 is 0 Å². The summed E-state index contributed by atoms with van der Waals surface area (Å²) in [4.78, 5) is 0. The van der Waals surface area contributed by atoms with E-state index in [4.69, 9.17) is 0 Å². The first-order valence-electron chi connectivity index (χ1n) is 11.7. The summed E-state index contributed by atoms with van der Waals surface area (Å²) in [6.45, 7) is 4.06. The standard InChI is InChI=1S/C30H29F3/c1-3-5-6-24-15-18-27(30(33)29(24)32)23-13-11-22(12-14-23)26-17-16-25(19-28(26)31)21-9-7-20(4-2)8-10-21/h3,5,9,11-20H,4,6-8,10H2,1-2H3. The zero-order valence-electron chi connectivity index (χ0n) is 19.2. The fourth-order valence-corrected chi connectivity index (χ4v) is 4.51. The minimum atomic E-state index is -0.855. The highest BCUT2D eigenvalue weighted by molar-refractivity contribution is 5.74. The first-order chi connectivity index (χ1) is 16.0. The van der Waals surface area contributed by atoms with Crippen molar-refractivity contribution in [2.24, 2.45) is 5.92 Å². The van der Waals surface area contributed by atoms with E-state index in [1.54, 1.807) is 48.5 Å². The molecule has 0 spiro atoms. The Morgan fingerprint density at radius 3 is 2.12 bits per heavy atom. The Balaban J connectivity index is 1.56. The van der Waals surface area contributed by atoms with E-state index in [9.17, 15) is 13.2 Å². The molecule has 1 aliphatic carbocycles. The van der Waals surface area contributed by atoms with Gasteiger partial charge in [0.15, 0.2) is 11.6 Å². The third kappa shape index (κ3) is 4.98. The molecule has 1 atom stereocenters. The van der Waals surface area contributed by atoms with Crippen LogP contribution in [0.5, 0.6) is 0 Å². The molecule has 4 rings (SSSR count). The van der Waals surface area contributed by atoms with Gasteiger partial charge in [-0.3, -0.25) is 0 Å². The van der Waals surface area contributed by atoms with Gasteiger partial charge in [-0.05, 0) is 72.4 Å². The highest BCUT2D eigenvalue weighted by Gasteiger charge is 2.17. The van der Waals surface area contributed by atoms with Crippen molar-refractivity contribution >= 4 is 5.57 Å². The normalized spacial score (nSPS) is 16.3. The van der Waals surface area contributed by atoms with Gasteiger partial charge < -0.3 is 0 Å². The maximum absolute atomic E-state index is 15.0. The Morgan fingerprint density at radius 2 is 1.52 bits per heavy atom. The number of halogens is 3. The second-order valence-electron chi connectivity index (χ2n) is 8.72. The molecule has 1 aliphatic rings. The largest absolute Gasteiger partial charge is 0.206 e. The second-order valence-corrected chi connectivity index (χ2v) is 8.72. The summed E-state index contributed by atoms with van der Waals surface area (Å²) < 4.78 is 44.1. The summed E-state index contributed by atoms with van der Waals surface area (Å²) in [6.07, 6.45) is 10.6. The minimum Gasteiger partial charge on any atom is -0.206 e. The summed E-state index contributed by atoms with van der Waals surface area (Å²) in [6, 6.07) is 15.5. The Labute approximate surface area is 194 Å². The summed E-state index contributed by atoms with van der Waals surface area (Å²) in [5.41, 5.74) is 4.45. The predicted octanol–water partition coefficient (Wildman–Crippen LogP) is 9.15. The highest BCUT2D eigenvalue weighted by atomic mass is 19.2. The van der Waals surface area contributed by atoms with Crippen molar-refractivity contribution in [1.82, 2.24) is 0 Å². The van der Waals surface area contributed by atoms with Crippen molar-refractivity contribution in [1.29, 1.82) is 0 Å². The molecule has 33 heavy (non-hydrogen) atoms. The molecule has 0 fully saturated rings. The Morgan fingerprint density at radius 1 is 0.848 bits per heavy atom. The van der Waals surface area contributed by atoms with Crippen molar-refractivity contribution in [2.75, 3.05) is 0 Å². The molecule has 0 radical (unpaired) electrons. The quantitative estimate of drug-likeness (QED) is 0.331. The molecular formula is C30H29F3. The van der Waals surface area contributed by atoms with Crippen molar-refractivity contribution in [2.45, 2.75) is 46.0 Å². The van der Waals surface area contributed by atoms with Gasteiger partial charge in [0, 0.05) is 11.1 Å². The third-order valence-corrected chi connectivity index (χ3v) is 6.68. The van der Waals surface area contributed by atoms with E-state index < -0.39 is 11.6 Å². The molecule has 3 aromatic carbocycles. The SMILES string of the molecule is CC=CCc1ccc(-c2ccc(-c3ccc(C4=CCC(CC)CC4)cc3F)cc2)c(F)c1F. The molecule has 170 valence electrons. The Kier molecular flexibility index (Phi) is 7.17. The van der Waals surface area contributed by atoms with Crippen LogP contribution >= 0.6 is 0 Å². The van der Waals surface area contributed by atoms with E-state index in [1.807, 2.05) is 25.1 Å². The lowest BCUT2D eigenvalue weighted by atomic mass is 9.85. The molecule has 0 N–H and O–H groups in total. The van der Waals surface area contributed by atoms with E-state index >= 15 is 0 Å². The summed E-state index contributed by atoms with van der Waals surface area (Å²) in [5.74, 6) is -1.21. The van der Waals surface area contributed by atoms with Crippen LogP contribution in [0.4, 0.5) is 13.2 Å². The fourth-order valence-electron chi connectivity index (χ4n) is 4.51. The average Bonchev–Trinajstić information content (AvgIpc) is 2.85. The van der Waals surface area contributed by atoms with Crippen LogP contribution in [0.2, 0.25) is 0 Å². The van der Waals surface area contributed by atoms with Crippen molar-refractivity contribution in [3.63, 3.8) is 0 Å². The molecule has 0 saturated heterocycles. The lowest BCUT2D eigenvalue weighted by Gasteiger charge is -2.21. The minimum absolute atomic E-state index is 0.203. The first kappa shape index (κ1) is 23.1. The molecule has 0 amide bonds. The van der Waals surface area contributed by atoms with E-state index in [1.165, 1.54) is 12.0 Å². The Bertz CT molecular complexity index is 1190. The van der Waals surface area contributed by atoms with Crippen LogP contribution < -0.4 is 0 Å². The van der Waals surface area contributed by atoms with Crippen LogP contribution in [0, 0.1) is 23.4 Å². The smallest absolute Gasteiger partial charge is 0.166 e.